The molecule has 3 aromatic rings. The fraction of sp³-hybridized carbons (Fsp3) is 0.280. The molecular weight excluding hydrogens is 420 g/mol. The van der Waals surface area contributed by atoms with E-state index >= 15 is 0 Å². The lowest BCUT2D eigenvalue weighted by Crippen LogP contribution is -2.49. The summed E-state index contributed by atoms with van der Waals surface area (Å²) < 4.78 is 16.6. The van der Waals surface area contributed by atoms with Crippen LogP contribution in [0, 0.1) is 0 Å². The Morgan fingerprint density at radius 2 is 1.82 bits per heavy atom. The minimum atomic E-state index is -0.0788. The Hall–Kier alpha value is -3.78. The predicted molar refractivity (Wildman–Crippen MR) is 123 cm³/mol. The topological polar surface area (TPSA) is 76.2 Å². The highest BCUT2D eigenvalue weighted by Gasteiger charge is 2.21. The smallest absolute Gasteiger partial charge is 0.321 e. The molecule has 2 aromatic carbocycles. The number of benzene rings is 2. The number of piperazine rings is 1. The van der Waals surface area contributed by atoms with Gasteiger partial charge in [0.1, 0.15) is 12.4 Å². The number of ether oxygens (including phenoxy) is 3. The van der Waals surface area contributed by atoms with Crippen LogP contribution in [0.3, 0.4) is 0 Å². The van der Waals surface area contributed by atoms with Gasteiger partial charge in [0, 0.05) is 56.9 Å². The van der Waals surface area contributed by atoms with Gasteiger partial charge in [0.15, 0.2) is 11.5 Å². The number of nitrogens with zero attached hydrogens (tertiary/aromatic N) is 3. The van der Waals surface area contributed by atoms with E-state index in [1.54, 1.807) is 6.20 Å². The van der Waals surface area contributed by atoms with Gasteiger partial charge in [0.25, 0.3) is 0 Å². The molecule has 1 N–H and O–H groups in total. The molecule has 0 bridgehead atoms. The molecule has 1 saturated heterocycles. The number of hydrogen-bond donors (Lipinski definition) is 1. The van der Waals surface area contributed by atoms with Crippen molar-refractivity contribution in [3.8, 4) is 17.2 Å². The second-order valence-corrected chi connectivity index (χ2v) is 8.06. The lowest BCUT2D eigenvalue weighted by atomic mass is 10.2. The lowest BCUT2D eigenvalue weighted by Gasteiger charge is -2.34. The van der Waals surface area contributed by atoms with Crippen LogP contribution in [-0.2, 0) is 13.2 Å². The summed E-state index contributed by atoms with van der Waals surface area (Å²) in [7, 11) is 0. The van der Waals surface area contributed by atoms with Gasteiger partial charge in [-0.15, -0.1) is 0 Å². The Morgan fingerprint density at radius 1 is 0.970 bits per heavy atom. The molecule has 0 unspecified atom stereocenters. The number of nitrogens with one attached hydrogen (secondary N) is 1. The van der Waals surface area contributed by atoms with Crippen molar-refractivity contribution in [2.24, 2.45) is 0 Å². The van der Waals surface area contributed by atoms with Gasteiger partial charge in [-0.2, -0.15) is 0 Å². The van der Waals surface area contributed by atoms with Gasteiger partial charge in [-0.25, -0.2) is 4.79 Å². The molecule has 1 fully saturated rings. The number of rotatable bonds is 6. The maximum atomic E-state index is 12.8. The van der Waals surface area contributed by atoms with Crippen LogP contribution in [0.15, 0.2) is 67.0 Å². The number of carbonyl (C=O) groups is 1. The maximum Gasteiger partial charge on any atom is 0.321 e. The third kappa shape index (κ3) is 5.35. The first kappa shape index (κ1) is 21.1. The van der Waals surface area contributed by atoms with Gasteiger partial charge in [-0.1, -0.05) is 18.2 Å². The number of fused-ring (bicyclic) bond motifs is 1. The summed E-state index contributed by atoms with van der Waals surface area (Å²) >= 11 is 0. The number of hydrogen-bond acceptors (Lipinski definition) is 6. The highest BCUT2D eigenvalue weighted by Crippen LogP contribution is 2.35. The van der Waals surface area contributed by atoms with E-state index in [-0.39, 0.29) is 12.8 Å². The van der Waals surface area contributed by atoms with Crippen LogP contribution < -0.4 is 19.5 Å². The van der Waals surface area contributed by atoms with Crippen molar-refractivity contribution in [1.82, 2.24) is 14.8 Å². The van der Waals surface area contributed by atoms with Crippen LogP contribution in [0.5, 0.6) is 17.2 Å². The second kappa shape index (κ2) is 9.79. The molecule has 8 heteroatoms. The molecule has 0 saturated carbocycles. The number of carbonyl (C=O) groups excluding carboxylic acids is 1. The molecule has 33 heavy (non-hydrogen) atoms. The zero-order valence-electron chi connectivity index (χ0n) is 18.3. The van der Waals surface area contributed by atoms with Crippen molar-refractivity contribution in [3.05, 3.63) is 78.1 Å². The lowest BCUT2D eigenvalue weighted by molar-refractivity contribution is 0.143. The van der Waals surface area contributed by atoms with Crippen molar-refractivity contribution < 1.29 is 19.0 Å². The van der Waals surface area contributed by atoms with Crippen LogP contribution in [0.25, 0.3) is 0 Å². The Balaban J connectivity index is 1.11. The minimum absolute atomic E-state index is 0.0788. The van der Waals surface area contributed by atoms with Crippen molar-refractivity contribution in [2.75, 3.05) is 38.3 Å². The van der Waals surface area contributed by atoms with E-state index < -0.39 is 0 Å². The molecule has 8 nitrogen and oxygen atoms in total. The number of anilines is 1. The van der Waals surface area contributed by atoms with Gasteiger partial charge >= 0.3 is 6.03 Å². The summed E-state index contributed by atoms with van der Waals surface area (Å²) in [6.45, 7) is 4.54. The summed E-state index contributed by atoms with van der Waals surface area (Å²) in [4.78, 5) is 21.1. The normalized spacial score (nSPS) is 15.3. The molecule has 2 amide bonds. The van der Waals surface area contributed by atoms with Crippen molar-refractivity contribution >= 4 is 11.7 Å². The SMILES string of the molecule is O=C(Nc1cccc(COc2ccc3c(c2)OCO3)c1)N1CCN(Cc2cccnc2)CC1. The second-order valence-electron chi connectivity index (χ2n) is 8.06. The monoisotopic (exact) mass is 446 g/mol. The molecule has 5 rings (SSSR count). The fourth-order valence-electron chi connectivity index (χ4n) is 3.93. The highest BCUT2D eigenvalue weighted by atomic mass is 16.7. The summed E-state index contributed by atoms with van der Waals surface area (Å²) in [5.74, 6) is 2.12. The summed E-state index contributed by atoms with van der Waals surface area (Å²) in [5, 5.41) is 3.02. The molecule has 0 aliphatic carbocycles. The molecular formula is C25H26N4O4. The molecule has 2 aliphatic rings. The molecule has 0 spiro atoms. The van der Waals surface area contributed by atoms with E-state index in [1.807, 2.05) is 59.6 Å². The summed E-state index contributed by atoms with van der Waals surface area (Å²) in [5.41, 5.74) is 2.91. The number of aromatic nitrogens is 1. The predicted octanol–water partition coefficient (Wildman–Crippen LogP) is 3.74. The number of urea groups is 1. The Morgan fingerprint density at radius 3 is 2.67 bits per heavy atom. The fourth-order valence-corrected chi connectivity index (χ4v) is 3.93. The standard InChI is InChI=1S/C25H26N4O4/c30-25(29-11-9-28(10-12-29)16-20-4-2-8-26-15-20)27-21-5-1-3-19(13-21)17-31-22-6-7-23-24(14-22)33-18-32-23/h1-8,13-15H,9-12,16-18H2,(H,27,30). The molecule has 0 atom stereocenters. The van der Waals surface area contributed by atoms with Crippen molar-refractivity contribution in [1.29, 1.82) is 0 Å². The zero-order valence-corrected chi connectivity index (χ0v) is 18.3. The van der Waals surface area contributed by atoms with Gasteiger partial charge in [0.2, 0.25) is 6.79 Å². The van der Waals surface area contributed by atoms with Crippen LogP contribution in [0.1, 0.15) is 11.1 Å². The van der Waals surface area contributed by atoms with Crippen LogP contribution in [0.2, 0.25) is 0 Å². The average molecular weight is 447 g/mol. The molecule has 2 aliphatic heterocycles. The van der Waals surface area contributed by atoms with E-state index in [9.17, 15) is 4.79 Å². The third-order valence-electron chi connectivity index (χ3n) is 5.72. The van der Waals surface area contributed by atoms with Gasteiger partial charge in [-0.3, -0.25) is 9.88 Å². The highest BCUT2D eigenvalue weighted by molar-refractivity contribution is 5.89. The minimum Gasteiger partial charge on any atom is -0.489 e. The van der Waals surface area contributed by atoms with E-state index in [1.165, 1.54) is 5.56 Å². The van der Waals surface area contributed by atoms with Gasteiger partial charge in [-0.05, 0) is 41.5 Å². The van der Waals surface area contributed by atoms with Crippen LogP contribution >= 0.6 is 0 Å². The molecule has 0 radical (unpaired) electrons. The largest absolute Gasteiger partial charge is 0.489 e. The van der Waals surface area contributed by atoms with Crippen LogP contribution in [0.4, 0.5) is 10.5 Å². The Kier molecular flexibility index (Phi) is 6.25. The van der Waals surface area contributed by atoms with Crippen molar-refractivity contribution in [2.45, 2.75) is 13.2 Å². The van der Waals surface area contributed by atoms with Gasteiger partial charge < -0.3 is 24.4 Å². The quantitative estimate of drug-likeness (QED) is 0.622. The summed E-state index contributed by atoms with van der Waals surface area (Å²) in [6.07, 6.45) is 3.67. The van der Waals surface area contributed by atoms with E-state index in [2.05, 4.69) is 21.3 Å². The molecule has 3 heterocycles. The molecule has 1 aromatic heterocycles. The van der Waals surface area contributed by atoms with Crippen LogP contribution in [-0.4, -0.2) is 53.8 Å². The maximum absolute atomic E-state index is 12.8. The summed E-state index contributed by atoms with van der Waals surface area (Å²) in [6, 6.07) is 17.2. The zero-order chi connectivity index (χ0) is 22.5. The third-order valence-corrected chi connectivity index (χ3v) is 5.72. The first-order valence-corrected chi connectivity index (χ1v) is 11.0. The van der Waals surface area contributed by atoms with E-state index in [0.717, 1.165) is 36.6 Å². The molecule has 170 valence electrons. The Bertz CT molecular complexity index is 1100. The van der Waals surface area contributed by atoms with E-state index in [4.69, 9.17) is 14.2 Å². The van der Waals surface area contributed by atoms with E-state index in [0.29, 0.717) is 31.2 Å². The Labute approximate surface area is 192 Å². The van der Waals surface area contributed by atoms with Gasteiger partial charge in [0.05, 0.1) is 0 Å². The van der Waals surface area contributed by atoms with Crippen molar-refractivity contribution in [3.63, 3.8) is 0 Å². The number of amides is 2. The first-order valence-electron chi connectivity index (χ1n) is 11.0. The average Bonchev–Trinajstić information content (AvgIpc) is 3.32. The number of pyridine rings is 1. The first-order chi connectivity index (χ1) is 16.2.